The summed E-state index contributed by atoms with van der Waals surface area (Å²) in [4.78, 5) is 28.6. The van der Waals surface area contributed by atoms with Crippen molar-refractivity contribution >= 4 is 49.9 Å². The lowest BCUT2D eigenvalue weighted by molar-refractivity contribution is -0.141. The summed E-state index contributed by atoms with van der Waals surface area (Å²) >= 11 is 6.04. The summed E-state index contributed by atoms with van der Waals surface area (Å²) in [7, 11) is -3.69. The molecule has 2 amide bonds. The largest absolute Gasteiger partial charge is 0.352 e. The molecule has 3 aromatic rings. The van der Waals surface area contributed by atoms with E-state index in [1.807, 2.05) is 51.1 Å². The average Bonchev–Trinajstić information content (AvgIpc) is 3.12. The highest BCUT2D eigenvalue weighted by Crippen LogP contribution is 2.42. The Kier molecular flexibility index (Phi) is 8.63. The second-order valence-electron chi connectivity index (χ2n) is 9.70. The van der Waals surface area contributed by atoms with Crippen LogP contribution in [-0.4, -0.2) is 43.8 Å². The molecule has 1 N–H and O–H groups in total. The van der Waals surface area contributed by atoms with Gasteiger partial charge in [0.15, 0.2) is 0 Å². The van der Waals surface area contributed by atoms with E-state index in [-0.39, 0.29) is 37.4 Å². The van der Waals surface area contributed by atoms with Crippen LogP contribution in [0.3, 0.4) is 0 Å². The van der Waals surface area contributed by atoms with Crippen LogP contribution in [0.15, 0.2) is 65.6 Å². The van der Waals surface area contributed by atoms with Crippen molar-refractivity contribution in [1.82, 2.24) is 10.2 Å². The Bertz CT molecular complexity index is 1420. The lowest BCUT2D eigenvalue weighted by Gasteiger charge is -2.31. The molecule has 0 radical (unpaired) electrons. The third-order valence-corrected chi connectivity index (χ3v) is 9.19. The van der Waals surface area contributed by atoms with E-state index in [9.17, 15) is 18.0 Å². The number of nitrogens with zero attached hydrogens (tertiary/aromatic N) is 2. The number of halogens is 1. The standard InChI is InChI=1S/C29H34ClN3O4S/c1-4-20(3)31-29(35)24(5-2)32(19-21-14-16-23(30)17-15-21)27(34)13-8-18-33-25-11-6-9-22-10-7-12-26(28(22)25)38(33,36)37/h6-7,9-12,14-17,20,24H,4-5,8,13,18-19H2,1-3H3,(H,31,35)/t20-,24-/m0/s1. The number of amides is 2. The topological polar surface area (TPSA) is 86.8 Å². The minimum Gasteiger partial charge on any atom is -0.352 e. The van der Waals surface area contributed by atoms with Crippen molar-refractivity contribution in [3.63, 3.8) is 0 Å². The predicted octanol–water partition coefficient (Wildman–Crippen LogP) is 5.50. The summed E-state index contributed by atoms with van der Waals surface area (Å²) in [5, 5.41) is 5.19. The summed E-state index contributed by atoms with van der Waals surface area (Å²) in [6.45, 7) is 6.25. The molecule has 4 rings (SSSR count). The molecule has 9 heteroatoms. The number of rotatable bonds is 11. The van der Waals surface area contributed by atoms with Crippen LogP contribution in [0.4, 0.5) is 5.69 Å². The molecule has 1 heterocycles. The number of benzene rings is 3. The van der Waals surface area contributed by atoms with Gasteiger partial charge in [-0.1, -0.05) is 61.8 Å². The van der Waals surface area contributed by atoms with Gasteiger partial charge in [0.05, 0.1) is 10.6 Å². The van der Waals surface area contributed by atoms with Gasteiger partial charge in [0.1, 0.15) is 6.04 Å². The Morgan fingerprint density at radius 1 is 1.00 bits per heavy atom. The Hall–Kier alpha value is -3.10. The number of carbonyl (C=O) groups is 2. The van der Waals surface area contributed by atoms with E-state index in [0.717, 1.165) is 22.8 Å². The Morgan fingerprint density at radius 2 is 1.68 bits per heavy atom. The molecule has 0 unspecified atom stereocenters. The van der Waals surface area contributed by atoms with E-state index in [2.05, 4.69) is 5.32 Å². The van der Waals surface area contributed by atoms with Crippen LogP contribution in [0, 0.1) is 0 Å². The number of carbonyl (C=O) groups excluding carboxylic acids is 2. The first-order valence-electron chi connectivity index (χ1n) is 13.1. The van der Waals surface area contributed by atoms with Crippen molar-refractivity contribution < 1.29 is 18.0 Å². The van der Waals surface area contributed by atoms with Gasteiger partial charge >= 0.3 is 0 Å². The van der Waals surface area contributed by atoms with E-state index in [0.29, 0.717) is 28.4 Å². The summed E-state index contributed by atoms with van der Waals surface area (Å²) in [6, 6.07) is 17.4. The van der Waals surface area contributed by atoms with Crippen molar-refractivity contribution in [3.8, 4) is 0 Å². The van der Waals surface area contributed by atoms with Crippen molar-refractivity contribution in [2.45, 2.75) is 70.0 Å². The van der Waals surface area contributed by atoms with Crippen molar-refractivity contribution in [2.75, 3.05) is 10.8 Å². The predicted molar refractivity (Wildman–Crippen MR) is 152 cm³/mol. The number of hydrogen-bond acceptors (Lipinski definition) is 4. The van der Waals surface area contributed by atoms with Gasteiger partial charge in [-0.25, -0.2) is 8.42 Å². The van der Waals surface area contributed by atoms with Crippen molar-refractivity contribution in [1.29, 1.82) is 0 Å². The zero-order valence-corrected chi connectivity index (χ0v) is 23.6. The van der Waals surface area contributed by atoms with Gasteiger partial charge in [0.2, 0.25) is 11.8 Å². The normalized spacial score (nSPS) is 15.3. The van der Waals surface area contributed by atoms with Crippen LogP contribution < -0.4 is 9.62 Å². The highest BCUT2D eigenvalue weighted by Gasteiger charge is 2.35. The Labute approximate surface area is 229 Å². The molecular formula is C29H34ClN3O4S. The fourth-order valence-corrected chi connectivity index (χ4v) is 6.74. The molecule has 2 atom stereocenters. The molecule has 0 aromatic heterocycles. The first-order valence-corrected chi connectivity index (χ1v) is 14.9. The maximum atomic E-state index is 13.6. The molecule has 38 heavy (non-hydrogen) atoms. The van der Waals surface area contributed by atoms with Gasteiger partial charge < -0.3 is 10.2 Å². The third-order valence-electron chi connectivity index (χ3n) is 7.09. The van der Waals surface area contributed by atoms with Crippen LogP contribution in [0.1, 0.15) is 52.0 Å². The number of nitrogens with one attached hydrogen (secondary N) is 1. The number of sulfonamides is 1. The first-order chi connectivity index (χ1) is 18.2. The van der Waals surface area contributed by atoms with Gasteiger partial charge in [-0.15, -0.1) is 0 Å². The zero-order chi connectivity index (χ0) is 27.4. The second-order valence-corrected chi connectivity index (χ2v) is 12.0. The van der Waals surface area contributed by atoms with Crippen LogP contribution >= 0.6 is 11.6 Å². The summed E-state index contributed by atoms with van der Waals surface area (Å²) in [5.41, 5.74) is 1.50. The van der Waals surface area contributed by atoms with E-state index in [1.54, 1.807) is 35.2 Å². The van der Waals surface area contributed by atoms with Gasteiger partial charge in [0, 0.05) is 36.0 Å². The molecule has 0 aliphatic carbocycles. The van der Waals surface area contributed by atoms with Crippen LogP contribution in [-0.2, 0) is 26.2 Å². The smallest absolute Gasteiger partial charge is 0.265 e. The van der Waals surface area contributed by atoms with E-state index in [1.165, 1.54) is 4.31 Å². The second kappa shape index (κ2) is 11.7. The van der Waals surface area contributed by atoms with Gasteiger partial charge in [-0.2, -0.15) is 0 Å². The van der Waals surface area contributed by atoms with Gasteiger partial charge in [-0.3, -0.25) is 13.9 Å². The molecule has 0 saturated heterocycles. The SMILES string of the molecule is CC[C@H](C)NC(=O)[C@H](CC)N(Cc1ccc(Cl)cc1)C(=O)CCCN1c2cccc3cccc(c23)S1(=O)=O. The average molecular weight is 556 g/mol. The Morgan fingerprint density at radius 3 is 2.34 bits per heavy atom. The van der Waals surface area contributed by atoms with Gasteiger partial charge in [0.25, 0.3) is 10.0 Å². The van der Waals surface area contributed by atoms with E-state index in [4.69, 9.17) is 11.6 Å². The van der Waals surface area contributed by atoms with Gasteiger partial charge in [-0.05, 0) is 61.4 Å². The highest BCUT2D eigenvalue weighted by molar-refractivity contribution is 7.93. The maximum Gasteiger partial charge on any atom is 0.265 e. The summed E-state index contributed by atoms with van der Waals surface area (Å²) in [6.07, 6.45) is 1.67. The Balaban J connectivity index is 1.52. The maximum absolute atomic E-state index is 13.6. The molecule has 1 aliphatic heterocycles. The molecular weight excluding hydrogens is 522 g/mol. The molecule has 202 valence electrons. The third kappa shape index (κ3) is 5.66. The quantitative estimate of drug-likeness (QED) is 0.338. The molecule has 3 aromatic carbocycles. The van der Waals surface area contributed by atoms with Crippen molar-refractivity contribution in [3.05, 3.63) is 71.2 Å². The molecule has 7 nitrogen and oxygen atoms in total. The fourth-order valence-electron chi connectivity index (χ4n) is 4.86. The monoisotopic (exact) mass is 555 g/mol. The molecule has 0 bridgehead atoms. The lowest BCUT2D eigenvalue weighted by Crippen LogP contribution is -2.50. The number of hydrogen-bond donors (Lipinski definition) is 1. The van der Waals surface area contributed by atoms with Crippen LogP contribution in [0.5, 0.6) is 0 Å². The minimum atomic E-state index is -3.69. The minimum absolute atomic E-state index is 0.00579. The van der Waals surface area contributed by atoms with Crippen LogP contribution in [0.2, 0.25) is 5.02 Å². The molecule has 1 aliphatic rings. The van der Waals surface area contributed by atoms with E-state index >= 15 is 0 Å². The van der Waals surface area contributed by atoms with E-state index < -0.39 is 16.1 Å². The summed E-state index contributed by atoms with van der Waals surface area (Å²) in [5.74, 6) is -0.383. The van der Waals surface area contributed by atoms with Crippen LogP contribution in [0.25, 0.3) is 10.8 Å². The lowest BCUT2D eigenvalue weighted by atomic mass is 10.1. The number of anilines is 1. The summed E-state index contributed by atoms with van der Waals surface area (Å²) < 4.78 is 28.0. The molecule has 0 spiro atoms. The first kappa shape index (κ1) is 27.9. The highest BCUT2D eigenvalue weighted by atomic mass is 35.5. The van der Waals surface area contributed by atoms with Crippen molar-refractivity contribution in [2.24, 2.45) is 0 Å². The fraction of sp³-hybridized carbons (Fsp3) is 0.379. The molecule has 0 fully saturated rings. The molecule has 0 saturated carbocycles. The zero-order valence-electron chi connectivity index (χ0n) is 22.0.